The van der Waals surface area contributed by atoms with Gasteiger partial charge in [-0.05, 0) is 0 Å². The summed E-state index contributed by atoms with van der Waals surface area (Å²) < 4.78 is 3.25. The predicted molar refractivity (Wildman–Crippen MR) is 37.4 cm³/mol. The van der Waals surface area contributed by atoms with E-state index in [-0.39, 0.29) is 24.8 Å². The maximum atomic E-state index is 3.25. The molecule has 0 aromatic heterocycles. The number of hydrogen-bond acceptors (Lipinski definition) is 1. The van der Waals surface area contributed by atoms with E-state index in [2.05, 4.69) is 17.2 Å². The Kier molecular flexibility index (Phi) is 22.8. The van der Waals surface area contributed by atoms with E-state index in [1.807, 2.05) is 0 Å². The second kappa shape index (κ2) is 11.2. The van der Waals surface area contributed by atoms with Crippen LogP contribution in [0, 0.1) is 0 Å². The van der Waals surface area contributed by atoms with Crippen LogP contribution in [0.15, 0.2) is 0 Å². The van der Waals surface area contributed by atoms with Gasteiger partial charge in [0.25, 0.3) is 0 Å². The molecule has 0 aliphatic heterocycles. The first-order valence-corrected chi connectivity index (χ1v) is 4.03. The van der Waals surface area contributed by atoms with Crippen molar-refractivity contribution in [2.45, 2.75) is 26.3 Å². The SMILES string of the molecule is CCC(C)[NH][Hf].Cl.Cl. The second-order valence-electron chi connectivity index (χ2n) is 1.45. The van der Waals surface area contributed by atoms with Gasteiger partial charge < -0.3 is 0 Å². The first kappa shape index (κ1) is 16.2. The van der Waals surface area contributed by atoms with Gasteiger partial charge in [0.2, 0.25) is 0 Å². The minimum absolute atomic E-state index is 0. The van der Waals surface area contributed by atoms with E-state index in [4.69, 9.17) is 0 Å². The minimum Gasteiger partial charge on any atom is -0.147 e. The van der Waals surface area contributed by atoms with Gasteiger partial charge in [-0.25, -0.2) is 0 Å². The summed E-state index contributed by atoms with van der Waals surface area (Å²) in [5.74, 6) is 0. The average molecular weight is 324 g/mol. The fourth-order valence-corrected chi connectivity index (χ4v) is 0.835. The topological polar surface area (TPSA) is 12.0 Å². The third kappa shape index (κ3) is 10.4. The third-order valence-electron chi connectivity index (χ3n) is 0.859. The molecule has 0 radical (unpaired) electrons. The monoisotopic (exact) mass is 324 g/mol. The maximum Gasteiger partial charge on any atom is -0.147 e. The van der Waals surface area contributed by atoms with Crippen molar-refractivity contribution in [3.8, 4) is 0 Å². The van der Waals surface area contributed by atoms with Crippen molar-refractivity contribution in [2.75, 3.05) is 0 Å². The van der Waals surface area contributed by atoms with E-state index < -0.39 is 0 Å². The number of rotatable bonds is 2. The number of hydrogen-bond donors (Lipinski definition) is 1. The smallest absolute Gasteiger partial charge is 0.147 e. The molecule has 8 heavy (non-hydrogen) atoms. The van der Waals surface area contributed by atoms with Gasteiger partial charge in [-0.15, -0.1) is 24.8 Å². The van der Waals surface area contributed by atoms with E-state index >= 15 is 0 Å². The standard InChI is InChI=1S/C4H10N.2ClH.Hf/c1-3-4(2)5;;;/h4-5H,3H2,1-2H3;2*1H;/q-1;;;+1. The molecule has 0 heterocycles. The van der Waals surface area contributed by atoms with Crippen molar-refractivity contribution >= 4 is 24.8 Å². The molecule has 0 saturated carbocycles. The molecule has 0 spiro atoms. The van der Waals surface area contributed by atoms with Crippen molar-refractivity contribution < 1.29 is 24.7 Å². The van der Waals surface area contributed by atoms with Crippen LogP contribution in [0.25, 0.3) is 0 Å². The molecular weight excluding hydrogens is 311 g/mol. The van der Waals surface area contributed by atoms with Gasteiger partial charge in [0, 0.05) is 0 Å². The van der Waals surface area contributed by atoms with Crippen LogP contribution in [0.3, 0.4) is 0 Å². The van der Waals surface area contributed by atoms with Crippen molar-refractivity contribution in [2.24, 2.45) is 0 Å². The molecule has 4 heteroatoms. The van der Waals surface area contributed by atoms with Gasteiger partial charge >= 0.3 is 54.3 Å². The van der Waals surface area contributed by atoms with Crippen LogP contribution in [0.4, 0.5) is 0 Å². The molecule has 0 aromatic rings. The Bertz CT molecular complexity index is 33.2. The summed E-state index contributed by atoms with van der Waals surface area (Å²) in [6.07, 6.45) is 1.25. The second-order valence-corrected chi connectivity index (χ2v) is 2.49. The molecule has 0 rings (SSSR count). The van der Waals surface area contributed by atoms with Crippen LogP contribution in [-0.4, -0.2) is 6.04 Å². The number of halogens is 2. The molecule has 51 valence electrons. The summed E-state index contributed by atoms with van der Waals surface area (Å²) in [6, 6.07) is 0.747. The van der Waals surface area contributed by atoms with Gasteiger partial charge in [-0.2, -0.15) is 0 Å². The summed E-state index contributed by atoms with van der Waals surface area (Å²) in [4.78, 5) is 0. The molecule has 0 fully saturated rings. The van der Waals surface area contributed by atoms with Crippen molar-refractivity contribution in [1.29, 1.82) is 0 Å². The van der Waals surface area contributed by atoms with Crippen LogP contribution in [0.5, 0.6) is 0 Å². The van der Waals surface area contributed by atoms with Crippen LogP contribution in [-0.2, 0) is 24.7 Å². The van der Waals surface area contributed by atoms with Crippen molar-refractivity contribution in [3.63, 3.8) is 0 Å². The molecule has 0 bridgehead atoms. The molecular formula is C4H12Cl2HfN. The third-order valence-corrected chi connectivity index (χ3v) is 2.63. The molecule has 0 amide bonds. The fraction of sp³-hybridized carbons (Fsp3) is 1.00. The van der Waals surface area contributed by atoms with Crippen molar-refractivity contribution in [1.82, 2.24) is 3.30 Å². The summed E-state index contributed by atoms with van der Waals surface area (Å²) in [5, 5.41) is 0. The summed E-state index contributed by atoms with van der Waals surface area (Å²) >= 11 is 1.13. The molecule has 0 aliphatic carbocycles. The predicted octanol–water partition coefficient (Wildman–Crippen LogP) is 1.68. The Balaban J connectivity index is -0.000000125. The van der Waals surface area contributed by atoms with E-state index in [0.29, 0.717) is 0 Å². The first-order chi connectivity index (χ1) is 2.81. The Morgan fingerprint density at radius 1 is 1.50 bits per heavy atom. The van der Waals surface area contributed by atoms with Gasteiger partial charge in [0.15, 0.2) is 0 Å². The zero-order chi connectivity index (χ0) is 4.99. The summed E-state index contributed by atoms with van der Waals surface area (Å²) in [7, 11) is 0. The van der Waals surface area contributed by atoms with E-state index in [9.17, 15) is 0 Å². The molecule has 1 unspecified atom stereocenters. The molecule has 0 aromatic carbocycles. The quantitative estimate of drug-likeness (QED) is 0.763. The minimum atomic E-state index is 0. The van der Waals surface area contributed by atoms with E-state index in [1.165, 1.54) is 6.42 Å². The average Bonchev–Trinajstić information content (AvgIpc) is 1.65. The Labute approximate surface area is 78.8 Å². The molecule has 0 saturated heterocycles. The summed E-state index contributed by atoms with van der Waals surface area (Å²) in [5.41, 5.74) is 0. The fourth-order valence-electron chi connectivity index (χ4n) is 0.102. The Morgan fingerprint density at radius 2 is 1.88 bits per heavy atom. The Morgan fingerprint density at radius 3 is 1.88 bits per heavy atom. The van der Waals surface area contributed by atoms with Gasteiger partial charge in [-0.1, -0.05) is 0 Å². The Hall–Kier alpha value is 1.41. The molecule has 0 aliphatic rings. The summed E-state index contributed by atoms with van der Waals surface area (Å²) in [6.45, 7) is 4.39. The van der Waals surface area contributed by atoms with Gasteiger partial charge in [0.05, 0.1) is 0 Å². The maximum absolute atomic E-state index is 3.25. The van der Waals surface area contributed by atoms with E-state index in [0.717, 1.165) is 30.7 Å². The normalized spacial score (nSPS) is 10.6. The molecule has 1 nitrogen and oxygen atoms in total. The van der Waals surface area contributed by atoms with Crippen LogP contribution in [0.2, 0.25) is 0 Å². The van der Waals surface area contributed by atoms with Gasteiger partial charge in [0.1, 0.15) is 0 Å². The molecule has 1 atom stereocenters. The van der Waals surface area contributed by atoms with Crippen molar-refractivity contribution in [3.05, 3.63) is 0 Å². The first-order valence-electron chi connectivity index (χ1n) is 2.23. The van der Waals surface area contributed by atoms with Crippen LogP contribution >= 0.6 is 24.8 Å². The zero-order valence-electron chi connectivity index (χ0n) is 5.10. The largest absolute Gasteiger partial charge is 0.147 e. The molecule has 1 N–H and O–H groups in total. The number of nitrogens with one attached hydrogen (secondary N) is 1. The van der Waals surface area contributed by atoms with Crippen LogP contribution in [0.1, 0.15) is 20.3 Å². The van der Waals surface area contributed by atoms with Crippen LogP contribution < -0.4 is 3.30 Å². The van der Waals surface area contributed by atoms with Gasteiger partial charge in [-0.3, -0.25) is 0 Å². The zero-order valence-corrected chi connectivity index (χ0v) is 10.3. The van der Waals surface area contributed by atoms with E-state index in [1.54, 1.807) is 0 Å².